The van der Waals surface area contributed by atoms with Gasteiger partial charge in [-0.15, -0.1) is 0 Å². The molecule has 3 nitrogen and oxygen atoms in total. The van der Waals surface area contributed by atoms with Crippen LogP contribution in [0.1, 0.15) is 47.1 Å². The van der Waals surface area contributed by atoms with E-state index in [9.17, 15) is 5.26 Å². The van der Waals surface area contributed by atoms with Crippen LogP contribution in [0.2, 0.25) is 10.0 Å². The number of aromatic nitrogens is 1. The zero-order chi connectivity index (χ0) is 26.6. The predicted octanol–water partition coefficient (Wildman–Crippen LogP) is 7.98. The monoisotopic (exact) mass is 539 g/mol. The highest BCUT2D eigenvalue weighted by atomic mass is 35.5. The Morgan fingerprint density at radius 3 is 1.92 bits per heavy atom. The zero-order valence-corrected chi connectivity index (χ0v) is 23.1. The van der Waals surface area contributed by atoms with Crippen LogP contribution in [0.25, 0.3) is 0 Å². The molecule has 2 heterocycles. The average Bonchev–Trinajstić information content (AvgIpc) is 2.96. The standard InChI is InChI=1S/C33H31Cl2N3/c1-25-4-6-26(7-5-25)32(24-36)16-20-38(21-17-32)22-18-33(29-3-2-19-37-23-29,27-8-12-30(34)13-9-27)28-10-14-31(35)15-11-28/h2-15,19,23H,16-18,20-22H2,1H3. The number of aryl methyl sites for hydroxylation is 1. The number of hydrogen-bond donors (Lipinski definition) is 0. The number of nitrogens with zero attached hydrogens (tertiary/aromatic N) is 3. The topological polar surface area (TPSA) is 39.9 Å². The van der Waals surface area contributed by atoms with Gasteiger partial charge in [-0.2, -0.15) is 5.26 Å². The van der Waals surface area contributed by atoms with Gasteiger partial charge in [-0.25, -0.2) is 0 Å². The van der Waals surface area contributed by atoms with Crippen LogP contribution in [0.15, 0.2) is 97.3 Å². The Morgan fingerprint density at radius 1 is 0.842 bits per heavy atom. The number of halogens is 2. The number of likely N-dealkylation sites (tertiary alicyclic amines) is 1. The average molecular weight is 541 g/mol. The number of hydrogen-bond acceptors (Lipinski definition) is 3. The van der Waals surface area contributed by atoms with Gasteiger partial charge in [0, 0.05) is 27.9 Å². The molecule has 5 heteroatoms. The molecule has 1 saturated heterocycles. The highest BCUT2D eigenvalue weighted by Crippen LogP contribution is 2.43. The molecule has 5 rings (SSSR count). The SMILES string of the molecule is Cc1ccc(C2(C#N)CCN(CCC(c3ccc(Cl)cc3)(c3ccc(Cl)cc3)c3cccnc3)CC2)cc1. The summed E-state index contributed by atoms with van der Waals surface area (Å²) < 4.78 is 0. The largest absolute Gasteiger partial charge is 0.303 e. The summed E-state index contributed by atoms with van der Waals surface area (Å²) in [6.07, 6.45) is 6.29. The molecule has 0 amide bonds. The molecular formula is C33H31Cl2N3. The van der Waals surface area contributed by atoms with Gasteiger partial charge < -0.3 is 4.90 Å². The lowest BCUT2D eigenvalue weighted by Crippen LogP contribution is -2.44. The first-order valence-corrected chi connectivity index (χ1v) is 13.8. The molecule has 192 valence electrons. The lowest BCUT2D eigenvalue weighted by Gasteiger charge is -2.41. The van der Waals surface area contributed by atoms with Crippen molar-refractivity contribution in [2.75, 3.05) is 19.6 Å². The van der Waals surface area contributed by atoms with E-state index >= 15 is 0 Å². The van der Waals surface area contributed by atoms with Crippen molar-refractivity contribution < 1.29 is 0 Å². The number of pyridine rings is 1. The van der Waals surface area contributed by atoms with Crippen LogP contribution in [-0.2, 0) is 10.8 Å². The molecular weight excluding hydrogens is 509 g/mol. The summed E-state index contributed by atoms with van der Waals surface area (Å²) in [6.45, 7) is 4.73. The lowest BCUT2D eigenvalue weighted by molar-refractivity contribution is 0.177. The van der Waals surface area contributed by atoms with Gasteiger partial charge in [-0.3, -0.25) is 4.98 Å². The van der Waals surface area contributed by atoms with E-state index in [1.165, 1.54) is 16.7 Å². The molecule has 0 atom stereocenters. The summed E-state index contributed by atoms with van der Waals surface area (Å²) in [5.41, 5.74) is 4.97. The van der Waals surface area contributed by atoms with Crippen molar-refractivity contribution in [2.24, 2.45) is 0 Å². The van der Waals surface area contributed by atoms with E-state index in [2.05, 4.69) is 77.5 Å². The van der Waals surface area contributed by atoms with Gasteiger partial charge in [0.15, 0.2) is 0 Å². The molecule has 4 aromatic rings. The number of piperidine rings is 1. The molecule has 0 aliphatic carbocycles. The van der Waals surface area contributed by atoms with Crippen LogP contribution in [0.5, 0.6) is 0 Å². The molecule has 1 aliphatic rings. The van der Waals surface area contributed by atoms with Crippen molar-refractivity contribution in [1.29, 1.82) is 5.26 Å². The molecule has 1 fully saturated rings. The first-order valence-electron chi connectivity index (χ1n) is 13.1. The van der Waals surface area contributed by atoms with Gasteiger partial charge in [0.05, 0.1) is 11.5 Å². The van der Waals surface area contributed by atoms with E-state index < -0.39 is 10.8 Å². The fourth-order valence-corrected chi connectivity index (χ4v) is 6.09. The number of rotatable bonds is 7. The van der Waals surface area contributed by atoms with Crippen molar-refractivity contribution in [3.8, 4) is 6.07 Å². The quantitative estimate of drug-likeness (QED) is 0.239. The third-order valence-corrected chi connectivity index (χ3v) is 8.66. The van der Waals surface area contributed by atoms with Crippen LogP contribution < -0.4 is 0 Å². The van der Waals surface area contributed by atoms with Gasteiger partial charge in [0.2, 0.25) is 0 Å². The summed E-state index contributed by atoms with van der Waals surface area (Å²) in [5, 5.41) is 11.6. The molecule has 0 bridgehead atoms. The van der Waals surface area contributed by atoms with Crippen LogP contribution in [0.4, 0.5) is 0 Å². The van der Waals surface area contributed by atoms with E-state index in [1.807, 2.05) is 42.7 Å². The molecule has 0 radical (unpaired) electrons. The minimum absolute atomic E-state index is 0.420. The summed E-state index contributed by atoms with van der Waals surface area (Å²) in [7, 11) is 0. The minimum Gasteiger partial charge on any atom is -0.303 e. The van der Waals surface area contributed by atoms with Crippen molar-refractivity contribution in [1.82, 2.24) is 9.88 Å². The van der Waals surface area contributed by atoms with Gasteiger partial charge in [-0.05, 0) is 98.4 Å². The third kappa shape index (κ3) is 5.22. The highest BCUT2D eigenvalue weighted by Gasteiger charge is 2.40. The maximum absolute atomic E-state index is 10.2. The number of benzene rings is 3. The Labute approximate surface area is 235 Å². The first kappa shape index (κ1) is 26.4. The molecule has 0 N–H and O–H groups in total. The molecule has 1 aliphatic heterocycles. The van der Waals surface area contributed by atoms with Crippen LogP contribution in [-0.4, -0.2) is 29.5 Å². The van der Waals surface area contributed by atoms with Crippen LogP contribution in [0.3, 0.4) is 0 Å². The Balaban J connectivity index is 1.46. The lowest BCUT2D eigenvalue weighted by atomic mass is 9.67. The van der Waals surface area contributed by atoms with Gasteiger partial charge in [0.25, 0.3) is 0 Å². The summed E-state index contributed by atoms with van der Waals surface area (Å²) in [4.78, 5) is 7.00. The van der Waals surface area contributed by atoms with Crippen molar-refractivity contribution in [3.05, 3.63) is 135 Å². The zero-order valence-electron chi connectivity index (χ0n) is 21.6. The Morgan fingerprint density at radius 2 is 1.42 bits per heavy atom. The Kier molecular flexibility index (Phi) is 7.86. The van der Waals surface area contributed by atoms with E-state index in [4.69, 9.17) is 23.2 Å². The van der Waals surface area contributed by atoms with E-state index in [-0.39, 0.29) is 0 Å². The highest BCUT2D eigenvalue weighted by molar-refractivity contribution is 6.30. The third-order valence-electron chi connectivity index (χ3n) is 8.16. The maximum atomic E-state index is 10.2. The second-order valence-corrected chi connectivity index (χ2v) is 11.2. The van der Waals surface area contributed by atoms with Crippen molar-refractivity contribution in [3.63, 3.8) is 0 Å². The molecule has 0 spiro atoms. The summed E-state index contributed by atoms with van der Waals surface area (Å²) in [5.74, 6) is 0. The van der Waals surface area contributed by atoms with Gasteiger partial charge in [0.1, 0.15) is 0 Å². The van der Waals surface area contributed by atoms with Gasteiger partial charge >= 0.3 is 0 Å². The van der Waals surface area contributed by atoms with Crippen LogP contribution >= 0.6 is 23.2 Å². The first-order chi connectivity index (χ1) is 18.4. The van der Waals surface area contributed by atoms with E-state index in [0.29, 0.717) is 10.0 Å². The Hall–Kier alpha value is -3.16. The normalized spacial score (nSPS) is 15.6. The van der Waals surface area contributed by atoms with Crippen molar-refractivity contribution >= 4 is 23.2 Å². The second kappa shape index (κ2) is 11.3. The van der Waals surface area contributed by atoms with E-state index in [0.717, 1.165) is 50.0 Å². The summed E-state index contributed by atoms with van der Waals surface area (Å²) in [6, 6.07) is 31.6. The molecule has 1 aromatic heterocycles. The van der Waals surface area contributed by atoms with E-state index in [1.54, 1.807) is 0 Å². The fraction of sp³-hybridized carbons (Fsp3) is 0.273. The molecule has 3 aromatic carbocycles. The minimum atomic E-state index is -0.426. The van der Waals surface area contributed by atoms with Crippen LogP contribution in [0, 0.1) is 18.3 Å². The number of nitriles is 1. The van der Waals surface area contributed by atoms with Crippen molar-refractivity contribution in [2.45, 2.75) is 37.0 Å². The second-order valence-electron chi connectivity index (χ2n) is 10.3. The molecule has 0 unspecified atom stereocenters. The van der Waals surface area contributed by atoms with Gasteiger partial charge in [-0.1, -0.05) is 83.4 Å². The summed E-state index contributed by atoms with van der Waals surface area (Å²) >= 11 is 12.6. The smallest absolute Gasteiger partial charge is 0.0846 e. The maximum Gasteiger partial charge on any atom is 0.0846 e. The predicted molar refractivity (Wildman–Crippen MR) is 156 cm³/mol. The molecule has 38 heavy (non-hydrogen) atoms. The fourth-order valence-electron chi connectivity index (χ4n) is 5.84. The molecule has 0 saturated carbocycles. The Bertz CT molecular complexity index is 1340.